The van der Waals surface area contributed by atoms with Crippen molar-refractivity contribution in [2.24, 2.45) is 0 Å². The maximum atomic E-state index is 4.71. The maximum Gasteiger partial charge on any atom is 0.225 e. The summed E-state index contributed by atoms with van der Waals surface area (Å²) >= 11 is 0. The Bertz CT molecular complexity index is 412. The molecule has 1 aliphatic heterocycles. The second-order valence-corrected chi connectivity index (χ2v) is 4.80. The zero-order chi connectivity index (χ0) is 11.1. The highest BCUT2D eigenvalue weighted by Gasteiger charge is 2.28. The fourth-order valence-electron chi connectivity index (χ4n) is 2.28. The van der Waals surface area contributed by atoms with Gasteiger partial charge < -0.3 is 10.2 Å². The third-order valence-electron chi connectivity index (χ3n) is 3.54. The van der Waals surface area contributed by atoms with Gasteiger partial charge >= 0.3 is 0 Å². The molecule has 4 nitrogen and oxygen atoms in total. The van der Waals surface area contributed by atoms with Crippen molar-refractivity contribution in [2.75, 3.05) is 18.5 Å². The minimum atomic E-state index is 0.680. The summed E-state index contributed by atoms with van der Waals surface area (Å²) in [5, 5.41) is 3.37. The molecular formula is C12H18N4. The molecule has 2 heterocycles. The SMILES string of the molecule is Cc1nc(N(C)C2CC2)nc2c1CNCC2. The van der Waals surface area contributed by atoms with E-state index in [-0.39, 0.29) is 0 Å². The monoisotopic (exact) mass is 218 g/mol. The summed E-state index contributed by atoms with van der Waals surface area (Å²) in [6.45, 7) is 4.06. The Morgan fingerprint density at radius 3 is 2.88 bits per heavy atom. The summed E-state index contributed by atoms with van der Waals surface area (Å²) in [7, 11) is 2.11. The fraction of sp³-hybridized carbons (Fsp3) is 0.667. The Labute approximate surface area is 96.1 Å². The van der Waals surface area contributed by atoms with E-state index in [1.165, 1.54) is 24.1 Å². The van der Waals surface area contributed by atoms with Crippen LogP contribution in [0.3, 0.4) is 0 Å². The number of nitrogens with zero attached hydrogens (tertiary/aromatic N) is 3. The number of fused-ring (bicyclic) bond motifs is 1. The molecule has 0 bridgehead atoms. The molecule has 1 saturated carbocycles. The molecule has 0 saturated heterocycles. The molecule has 0 atom stereocenters. The van der Waals surface area contributed by atoms with Crippen LogP contribution in [0.25, 0.3) is 0 Å². The molecule has 0 spiro atoms. The molecule has 2 aliphatic rings. The molecule has 1 aliphatic carbocycles. The summed E-state index contributed by atoms with van der Waals surface area (Å²) in [4.78, 5) is 11.6. The van der Waals surface area contributed by atoms with Crippen molar-refractivity contribution < 1.29 is 0 Å². The molecule has 1 fully saturated rings. The van der Waals surface area contributed by atoms with Gasteiger partial charge in [0.15, 0.2) is 0 Å². The smallest absolute Gasteiger partial charge is 0.225 e. The summed E-state index contributed by atoms with van der Waals surface area (Å²) < 4.78 is 0. The molecule has 0 radical (unpaired) electrons. The van der Waals surface area contributed by atoms with Crippen molar-refractivity contribution in [3.63, 3.8) is 0 Å². The van der Waals surface area contributed by atoms with E-state index in [1.807, 2.05) is 0 Å². The van der Waals surface area contributed by atoms with Crippen LogP contribution in [0.15, 0.2) is 0 Å². The number of hydrogen-bond donors (Lipinski definition) is 1. The second-order valence-electron chi connectivity index (χ2n) is 4.80. The first kappa shape index (κ1) is 10.0. The predicted molar refractivity (Wildman–Crippen MR) is 63.6 cm³/mol. The minimum Gasteiger partial charge on any atom is -0.341 e. The van der Waals surface area contributed by atoms with E-state index in [0.717, 1.165) is 31.2 Å². The molecule has 0 unspecified atom stereocenters. The number of anilines is 1. The van der Waals surface area contributed by atoms with E-state index < -0.39 is 0 Å². The second kappa shape index (κ2) is 3.70. The van der Waals surface area contributed by atoms with E-state index in [1.54, 1.807) is 0 Å². The van der Waals surface area contributed by atoms with Gasteiger partial charge in [-0.2, -0.15) is 0 Å². The normalized spacial score (nSPS) is 19.4. The van der Waals surface area contributed by atoms with Crippen LogP contribution < -0.4 is 10.2 Å². The van der Waals surface area contributed by atoms with Gasteiger partial charge in [0, 0.05) is 43.9 Å². The van der Waals surface area contributed by atoms with Crippen LogP contribution in [-0.2, 0) is 13.0 Å². The first-order valence-electron chi connectivity index (χ1n) is 6.05. The average molecular weight is 218 g/mol. The highest BCUT2D eigenvalue weighted by atomic mass is 15.3. The third-order valence-corrected chi connectivity index (χ3v) is 3.54. The molecule has 0 aromatic carbocycles. The minimum absolute atomic E-state index is 0.680. The number of nitrogens with one attached hydrogen (secondary N) is 1. The highest BCUT2D eigenvalue weighted by molar-refractivity contribution is 5.39. The van der Waals surface area contributed by atoms with Gasteiger partial charge in [-0.25, -0.2) is 9.97 Å². The Morgan fingerprint density at radius 2 is 2.12 bits per heavy atom. The average Bonchev–Trinajstić information content (AvgIpc) is 3.12. The van der Waals surface area contributed by atoms with Crippen LogP contribution in [0.4, 0.5) is 5.95 Å². The van der Waals surface area contributed by atoms with E-state index in [9.17, 15) is 0 Å². The number of hydrogen-bond acceptors (Lipinski definition) is 4. The predicted octanol–water partition coefficient (Wildman–Crippen LogP) is 1.03. The van der Waals surface area contributed by atoms with E-state index in [2.05, 4.69) is 29.2 Å². The van der Waals surface area contributed by atoms with Crippen LogP contribution in [-0.4, -0.2) is 29.6 Å². The van der Waals surface area contributed by atoms with E-state index in [4.69, 9.17) is 4.98 Å². The molecule has 1 N–H and O–H groups in total. The van der Waals surface area contributed by atoms with Crippen LogP contribution >= 0.6 is 0 Å². The lowest BCUT2D eigenvalue weighted by Gasteiger charge is -2.22. The molecule has 0 amide bonds. The molecule has 86 valence electrons. The molecule has 4 heteroatoms. The van der Waals surface area contributed by atoms with E-state index in [0.29, 0.717) is 6.04 Å². The van der Waals surface area contributed by atoms with Gasteiger partial charge in [-0.05, 0) is 19.8 Å². The lowest BCUT2D eigenvalue weighted by molar-refractivity contribution is 0.618. The Morgan fingerprint density at radius 1 is 1.31 bits per heavy atom. The zero-order valence-corrected chi connectivity index (χ0v) is 9.95. The van der Waals surface area contributed by atoms with Gasteiger partial charge in [0.1, 0.15) is 0 Å². The van der Waals surface area contributed by atoms with Gasteiger partial charge in [0.05, 0.1) is 5.69 Å². The Balaban J connectivity index is 1.97. The summed E-state index contributed by atoms with van der Waals surface area (Å²) in [6.07, 6.45) is 3.61. The molecule has 16 heavy (non-hydrogen) atoms. The number of aromatic nitrogens is 2. The summed E-state index contributed by atoms with van der Waals surface area (Å²) in [6, 6.07) is 0.680. The zero-order valence-electron chi connectivity index (χ0n) is 9.95. The van der Waals surface area contributed by atoms with Crippen molar-refractivity contribution in [1.82, 2.24) is 15.3 Å². The lowest BCUT2D eigenvalue weighted by Crippen LogP contribution is -2.29. The first-order chi connectivity index (χ1) is 7.75. The third kappa shape index (κ3) is 1.67. The van der Waals surface area contributed by atoms with Crippen molar-refractivity contribution in [3.8, 4) is 0 Å². The molecule has 3 rings (SSSR count). The van der Waals surface area contributed by atoms with Crippen LogP contribution in [0.5, 0.6) is 0 Å². The molecule has 1 aromatic rings. The largest absolute Gasteiger partial charge is 0.341 e. The number of rotatable bonds is 2. The van der Waals surface area contributed by atoms with Gasteiger partial charge in [-0.15, -0.1) is 0 Å². The standard InChI is InChI=1S/C12H18N4/c1-8-10-7-13-6-5-11(10)15-12(14-8)16(2)9-3-4-9/h9,13H,3-7H2,1-2H3. The molecular weight excluding hydrogens is 200 g/mol. The summed E-state index contributed by atoms with van der Waals surface area (Å²) in [5.41, 5.74) is 3.69. The van der Waals surface area contributed by atoms with Gasteiger partial charge in [0.2, 0.25) is 5.95 Å². The fourth-order valence-corrected chi connectivity index (χ4v) is 2.28. The number of aryl methyl sites for hydroxylation is 1. The maximum absolute atomic E-state index is 4.71. The Kier molecular flexibility index (Phi) is 2.32. The van der Waals surface area contributed by atoms with Crippen molar-refractivity contribution >= 4 is 5.95 Å². The van der Waals surface area contributed by atoms with Gasteiger partial charge in [-0.1, -0.05) is 0 Å². The van der Waals surface area contributed by atoms with Gasteiger partial charge in [0.25, 0.3) is 0 Å². The summed E-state index contributed by atoms with van der Waals surface area (Å²) in [5.74, 6) is 0.917. The van der Waals surface area contributed by atoms with Crippen molar-refractivity contribution in [1.29, 1.82) is 0 Å². The van der Waals surface area contributed by atoms with Crippen LogP contribution in [0.1, 0.15) is 29.8 Å². The molecule has 1 aromatic heterocycles. The van der Waals surface area contributed by atoms with Crippen molar-refractivity contribution in [2.45, 2.75) is 38.8 Å². The first-order valence-corrected chi connectivity index (χ1v) is 6.05. The van der Waals surface area contributed by atoms with E-state index >= 15 is 0 Å². The van der Waals surface area contributed by atoms with Crippen LogP contribution in [0, 0.1) is 6.92 Å². The highest BCUT2D eigenvalue weighted by Crippen LogP contribution is 2.29. The van der Waals surface area contributed by atoms with Crippen LogP contribution in [0.2, 0.25) is 0 Å². The van der Waals surface area contributed by atoms with Gasteiger partial charge in [-0.3, -0.25) is 0 Å². The lowest BCUT2D eigenvalue weighted by atomic mass is 10.1. The Hall–Kier alpha value is -1.16. The van der Waals surface area contributed by atoms with Crippen molar-refractivity contribution in [3.05, 3.63) is 17.0 Å². The quantitative estimate of drug-likeness (QED) is 0.805. The topological polar surface area (TPSA) is 41.1 Å².